The van der Waals surface area contributed by atoms with Crippen molar-refractivity contribution >= 4 is 27.9 Å². The minimum absolute atomic E-state index is 0.475. The number of hydrogen-bond acceptors (Lipinski definition) is 6. The number of hydrogen-bond donors (Lipinski definition) is 2. The summed E-state index contributed by atoms with van der Waals surface area (Å²) in [5.41, 5.74) is 12.5. The van der Waals surface area contributed by atoms with Gasteiger partial charge in [-0.25, -0.2) is 15.4 Å². The van der Waals surface area contributed by atoms with Gasteiger partial charge < -0.3 is 15.1 Å². The van der Waals surface area contributed by atoms with Crippen molar-refractivity contribution in [3.63, 3.8) is 0 Å². The second-order valence-electron chi connectivity index (χ2n) is 5.80. The van der Waals surface area contributed by atoms with Crippen LogP contribution >= 0.6 is 0 Å². The third-order valence-corrected chi connectivity index (χ3v) is 4.07. The Morgan fingerprint density at radius 2 is 2.12 bits per heavy atom. The highest BCUT2D eigenvalue weighted by Crippen LogP contribution is 2.28. The van der Waals surface area contributed by atoms with Gasteiger partial charge in [0.15, 0.2) is 5.82 Å². The number of anilines is 1. The normalized spacial score (nSPS) is 11.6. The molecule has 0 saturated heterocycles. The monoisotopic (exact) mass is 328 g/mol. The van der Waals surface area contributed by atoms with E-state index in [-0.39, 0.29) is 0 Å². The van der Waals surface area contributed by atoms with E-state index in [0.29, 0.717) is 5.82 Å². The number of aryl methyl sites for hydroxylation is 2. The summed E-state index contributed by atoms with van der Waals surface area (Å²) in [6.45, 7) is 3.87. The summed E-state index contributed by atoms with van der Waals surface area (Å²) in [5, 5.41) is 0. The average molecular weight is 328 g/mol. The van der Waals surface area contributed by atoms with E-state index < -0.39 is 0 Å². The molecule has 7 nitrogen and oxygen atoms in total. The molecule has 3 heterocycles. The molecule has 0 aromatic carbocycles. The minimum Gasteiger partial charge on any atom is -0.382 e. The van der Waals surface area contributed by atoms with Gasteiger partial charge in [-0.2, -0.15) is 0 Å². The predicted octanol–water partition coefficient (Wildman–Crippen LogP) is 2.45. The van der Waals surface area contributed by atoms with E-state index in [4.69, 9.17) is 15.6 Å². The zero-order valence-corrected chi connectivity index (χ0v) is 14.2. The van der Waals surface area contributed by atoms with Crippen molar-refractivity contribution in [2.24, 2.45) is 0 Å². The van der Waals surface area contributed by atoms with Crippen LogP contribution in [0.2, 0.25) is 0 Å². The number of hydroxylamine groups is 1. The molecular weight excluding hydrogens is 304 g/mol. The van der Waals surface area contributed by atoms with Crippen molar-refractivity contribution in [2.75, 3.05) is 19.4 Å². The van der Waals surface area contributed by atoms with Gasteiger partial charge in [0, 0.05) is 25.7 Å². The molecule has 0 aliphatic heterocycles. The molecule has 0 saturated carbocycles. The molecule has 3 aromatic heterocycles. The van der Waals surface area contributed by atoms with E-state index in [2.05, 4.69) is 26.9 Å². The minimum atomic E-state index is 0.475. The molecule has 0 aliphatic rings. The van der Waals surface area contributed by atoms with Gasteiger partial charge in [0.25, 0.3) is 0 Å². The first-order valence-electron chi connectivity index (χ1n) is 8.41. The largest absolute Gasteiger partial charge is 0.382 e. The lowest BCUT2D eigenvalue weighted by atomic mass is 10.2. The molecule has 0 amide bonds. The fourth-order valence-electron chi connectivity index (χ4n) is 2.99. The molecule has 0 radical (unpaired) electrons. The number of unbranched alkanes of at least 4 members (excludes halogenated alkanes) is 1. The van der Waals surface area contributed by atoms with Crippen molar-refractivity contribution < 1.29 is 4.84 Å². The molecule has 0 aliphatic carbocycles. The summed E-state index contributed by atoms with van der Waals surface area (Å²) < 4.78 is 2.26. The number of rotatable bonds is 8. The first-order chi connectivity index (χ1) is 11.8. The SMILES string of the molecule is CCCc1nc2c(N)nc3cccnc3c2n1CCCCNOC. The summed E-state index contributed by atoms with van der Waals surface area (Å²) in [7, 11) is 1.64. The number of nitrogens with one attached hydrogen (secondary N) is 1. The molecule has 0 atom stereocenters. The molecule has 128 valence electrons. The van der Waals surface area contributed by atoms with Crippen LogP contribution in [0.3, 0.4) is 0 Å². The zero-order valence-electron chi connectivity index (χ0n) is 14.2. The van der Waals surface area contributed by atoms with Gasteiger partial charge in [-0.15, -0.1) is 0 Å². The van der Waals surface area contributed by atoms with E-state index >= 15 is 0 Å². The Balaban J connectivity index is 2.04. The third kappa shape index (κ3) is 3.18. The summed E-state index contributed by atoms with van der Waals surface area (Å²) >= 11 is 0. The fourth-order valence-corrected chi connectivity index (χ4v) is 2.99. The van der Waals surface area contributed by atoms with Crippen molar-refractivity contribution in [3.8, 4) is 0 Å². The van der Waals surface area contributed by atoms with E-state index in [1.54, 1.807) is 13.3 Å². The summed E-state index contributed by atoms with van der Waals surface area (Å²) in [6.07, 6.45) is 5.78. The lowest BCUT2D eigenvalue weighted by Crippen LogP contribution is -2.14. The standard InChI is InChI=1S/C17H24N6O/c1-3-7-13-22-15-16(23(13)11-5-4-10-20-24-2)14-12(21-17(15)18)8-6-9-19-14/h6,8-9,20H,3-5,7,10-11H2,1-2H3,(H2,18,21). The van der Waals surface area contributed by atoms with Crippen LogP contribution in [-0.2, 0) is 17.8 Å². The van der Waals surface area contributed by atoms with Crippen LogP contribution in [0.5, 0.6) is 0 Å². The molecule has 0 fully saturated rings. The highest BCUT2D eigenvalue weighted by molar-refractivity contribution is 6.04. The quantitative estimate of drug-likeness (QED) is 0.487. The molecule has 0 bridgehead atoms. The second-order valence-corrected chi connectivity index (χ2v) is 5.80. The van der Waals surface area contributed by atoms with Crippen LogP contribution in [0.15, 0.2) is 18.3 Å². The lowest BCUT2D eigenvalue weighted by Gasteiger charge is -2.10. The lowest BCUT2D eigenvalue weighted by molar-refractivity contribution is 0.0903. The molecule has 7 heteroatoms. The number of nitrogens with zero attached hydrogens (tertiary/aromatic N) is 4. The van der Waals surface area contributed by atoms with Gasteiger partial charge >= 0.3 is 0 Å². The van der Waals surface area contributed by atoms with E-state index in [1.807, 2.05) is 12.1 Å². The van der Waals surface area contributed by atoms with Gasteiger partial charge in [-0.3, -0.25) is 4.98 Å². The van der Waals surface area contributed by atoms with E-state index in [0.717, 1.165) is 66.7 Å². The molecule has 3 rings (SSSR count). The number of pyridine rings is 2. The highest BCUT2D eigenvalue weighted by Gasteiger charge is 2.17. The number of aromatic nitrogens is 4. The number of imidazole rings is 1. The van der Waals surface area contributed by atoms with Crippen LogP contribution in [-0.4, -0.2) is 33.2 Å². The Bertz CT molecular complexity index is 829. The van der Waals surface area contributed by atoms with Crippen molar-refractivity contribution in [1.29, 1.82) is 0 Å². The first kappa shape index (κ1) is 16.6. The van der Waals surface area contributed by atoms with Crippen LogP contribution in [0.4, 0.5) is 5.82 Å². The van der Waals surface area contributed by atoms with E-state index in [9.17, 15) is 0 Å². The van der Waals surface area contributed by atoms with Crippen LogP contribution < -0.4 is 11.2 Å². The smallest absolute Gasteiger partial charge is 0.152 e. The van der Waals surface area contributed by atoms with Gasteiger partial charge in [0.1, 0.15) is 22.4 Å². The Hall–Kier alpha value is -2.25. The molecule has 24 heavy (non-hydrogen) atoms. The number of nitrogens with two attached hydrogens (primary N) is 1. The third-order valence-electron chi connectivity index (χ3n) is 4.07. The maximum atomic E-state index is 6.15. The maximum Gasteiger partial charge on any atom is 0.152 e. The van der Waals surface area contributed by atoms with Crippen molar-refractivity contribution in [1.82, 2.24) is 25.0 Å². The fraction of sp³-hybridized carbons (Fsp3) is 0.471. The molecule has 3 N–H and O–H groups in total. The maximum absolute atomic E-state index is 6.15. The highest BCUT2D eigenvalue weighted by atomic mass is 16.6. The number of fused-ring (bicyclic) bond motifs is 3. The number of nitrogen functional groups attached to an aromatic ring is 1. The van der Waals surface area contributed by atoms with Crippen molar-refractivity contribution in [3.05, 3.63) is 24.2 Å². The zero-order chi connectivity index (χ0) is 16.9. The molecule has 0 spiro atoms. The predicted molar refractivity (Wildman–Crippen MR) is 95.5 cm³/mol. The Morgan fingerprint density at radius 3 is 2.92 bits per heavy atom. The molecular formula is C17H24N6O. The van der Waals surface area contributed by atoms with Crippen molar-refractivity contribution in [2.45, 2.75) is 39.2 Å². The summed E-state index contributed by atoms with van der Waals surface area (Å²) in [5.74, 6) is 1.53. The van der Waals surface area contributed by atoms with Gasteiger partial charge in [-0.1, -0.05) is 6.92 Å². The topological polar surface area (TPSA) is 90.9 Å². The van der Waals surface area contributed by atoms with E-state index in [1.165, 1.54) is 0 Å². The van der Waals surface area contributed by atoms with Gasteiger partial charge in [0.05, 0.1) is 12.6 Å². The molecule has 0 unspecified atom stereocenters. The van der Waals surface area contributed by atoms with Gasteiger partial charge in [-0.05, 0) is 31.4 Å². The second kappa shape index (κ2) is 7.55. The summed E-state index contributed by atoms with van der Waals surface area (Å²) in [4.78, 5) is 18.6. The Labute approximate surface area is 141 Å². The Kier molecular flexibility index (Phi) is 5.22. The summed E-state index contributed by atoms with van der Waals surface area (Å²) in [6, 6.07) is 3.82. The van der Waals surface area contributed by atoms with Crippen LogP contribution in [0.25, 0.3) is 22.1 Å². The van der Waals surface area contributed by atoms with Gasteiger partial charge in [0.2, 0.25) is 0 Å². The Morgan fingerprint density at radius 1 is 1.25 bits per heavy atom. The van der Waals surface area contributed by atoms with Crippen LogP contribution in [0.1, 0.15) is 32.0 Å². The van der Waals surface area contributed by atoms with Crippen LogP contribution in [0, 0.1) is 0 Å². The molecule has 3 aromatic rings. The average Bonchev–Trinajstić information content (AvgIpc) is 2.95. The first-order valence-corrected chi connectivity index (χ1v) is 8.41.